The van der Waals surface area contributed by atoms with Crippen LogP contribution in [0.15, 0.2) is 36.8 Å². The van der Waals surface area contributed by atoms with Gasteiger partial charge in [0.2, 0.25) is 0 Å². The van der Waals surface area contributed by atoms with E-state index < -0.39 is 23.6 Å². The SMILES string of the molecule is NC(c1ccc(C(F)(F)F)c(F)c1)c1ccncn1. The highest BCUT2D eigenvalue weighted by Crippen LogP contribution is 2.32. The number of nitrogens with zero attached hydrogens (tertiary/aromatic N) is 2. The largest absolute Gasteiger partial charge is 0.419 e. The van der Waals surface area contributed by atoms with Crippen molar-refractivity contribution in [1.82, 2.24) is 9.97 Å². The maximum atomic E-state index is 13.4. The Hall–Kier alpha value is -2.02. The third-order valence-electron chi connectivity index (χ3n) is 2.58. The molecule has 2 rings (SSSR count). The average Bonchev–Trinajstić information content (AvgIpc) is 2.37. The molecule has 100 valence electrons. The summed E-state index contributed by atoms with van der Waals surface area (Å²) in [5.74, 6) is -1.35. The van der Waals surface area contributed by atoms with Crippen molar-refractivity contribution in [2.75, 3.05) is 0 Å². The van der Waals surface area contributed by atoms with Gasteiger partial charge in [-0.2, -0.15) is 13.2 Å². The Morgan fingerprint density at radius 2 is 1.89 bits per heavy atom. The molecule has 2 N–H and O–H groups in total. The fraction of sp³-hybridized carbons (Fsp3) is 0.167. The van der Waals surface area contributed by atoms with E-state index in [4.69, 9.17) is 5.73 Å². The minimum Gasteiger partial charge on any atom is -0.319 e. The summed E-state index contributed by atoms with van der Waals surface area (Å²) in [6.45, 7) is 0. The van der Waals surface area contributed by atoms with Gasteiger partial charge in [0.05, 0.1) is 17.3 Å². The van der Waals surface area contributed by atoms with Gasteiger partial charge in [0.15, 0.2) is 0 Å². The summed E-state index contributed by atoms with van der Waals surface area (Å²) < 4.78 is 50.7. The number of nitrogens with two attached hydrogens (primary N) is 1. The van der Waals surface area contributed by atoms with Crippen molar-refractivity contribution in [3.8, 4) is 0 Å². The lowest BCUT2D eigenvalue weighted by Crippen LogP contribution is -2.15. The van der Waals surface area contributed by atoms with E-state index in [-0.39, 0.29) is 5.56 Å². The highest BCUT2D eigenvalue weighted by atomic mass is 19.4. The Bertz CT molecular complexity index is 569. The van der Waals surface area contributed by atoms with E-state index in [0.717, 1.165) is 12.1 Å². The zero-order chi connectivity index (χ0) is 14.0. The second-order valence-corrected chi connectivity index (χ2v) is 3.85. The Labute approximate surface area is 106 Å². The van der Waals surface area contributed by atoms with Crippen molar-refractivity contribution in [2.45, 2.75) is 12.2 Å². The number of benzene rings is 1. The second-order valence-electron chi connectivity index (χ2n) is 3.85. The molecule has 0 spiro atoms. The van der Waals surface area contributed by atoms with E-state index in [2.05, 4.69) is 9.97 Å². The van der Waals surface area contributed by atoms with E-state index in [1.54, 1.807) is 0 Å². The molecule has 1 atom stereocenters. The third kappa shape index (κ3) is 2.87. The van der Waals surface area contributed by atoms with E-state index in [1.165, 1.54) is 18.6 Å². The number of aromatic nitrogens is 2. The zero-order valence-electron chi connectivity index (χ0n) is 9.53. The second kappa shape index (κ2) is 4.93. The summed E-state index contributed by atoms with van der Waals surface area (Å²) in [6, 6.07) is 3.29. The lowest BCUT2D eigenvalue weighted by atomic mass is 10.0. The molecule has 1 unspecified atom stereocenters. The molecule has 0 amide bonds. The fourth-order valence-corrected chi connectivity index (χ4v) is 1.61. The normalized spacial score (nSPS) is 13.3. The molecule has 1 heterocycles. The van der Waals surface area contributed by atoms with Crippen molar-refractivity contribution in [1.29, 1.82) is 0 Å². The van der Waals surface area contributed by atoms with Crippen LogP contribution in [0, 0.1) is 5.82 Å². The Morgan fingerprint density at radius 1 is 1.16 bits per heavy atom. The molecule has 0 aliphatic carbocycles. The quantitative estimate of drug-likeness (QED) is 0.854. The zero-order valence-corrected chi connectivity index (χ0v) is 9.53. The minimum atomic E-state index is -4.72. The highest BCUT2D eigenvalue weighted by Gasteiger charge is 2.34. The molecule has 1 aromatic heterocycles. The molecule has 0 bridgehead atoms. The van der Waals surface area contributed by atoms with Crippen LogP contribution in [0.25, 0.3) is 0 Å². The molecule has 0 aliphatic rings. The van der Waals surface area contributed by atoms with Crippen LogP contribution in [0.5, 0.6) is 0 Å². The molecule has 7 heteroatoms. The molecule has 19 heavy (non-hydrogen) atoms. The van der Waals surface area contributed by atoms with Crippen LogP contribution in [-0.4, -0.2) is 9.97 Å². The number of hydrogen-bond acceptors (Lipinski definition) is 3. The monoisotopic (exact) mass is 271 g/mol. The van der Waals surface area contributed by atoms with Crippen molar-refractivity contribution < 1.29 is 17.6 Å². The molecular formula is C12H9F4N3. The molecule has 0 aliphatic heterocycles. The minimum absolute atomic E-state index is 0.212. The lowest BCUT2D eigenvalue weighted by Gasteiger charge is -2.13. The van der Waals surface area contributed by atoms with Gasteiger partial charge >= 0.3 is 6.18 Å². The van der Waals surface area contributed by atoms with Crippen LogP contribution in [0.3, 0.4) is 0 Å². The number of halogens is 4. The van der Waals surface area contributed by atoms with E-state index in [9.17, 15) is 17.6 Å². The van der Waals surface area contributed by atoms with Gasteiger partial charge in [-0.1, -0.05) is 6.07 Å². The summed E-state index contributed by atoms with van der Waals surface area (Å²) in [6.07, 6.45) is -2.01. The van der Waals surface area contributed by atoms with Crippen LogP contribution in [0.1, 0.15) is 22.9 Å². The topological polar surface area (TPSA) is 51.8 Å². The van der Waals surface area contributed by atoms with Crippen LogP contribution in [-0.2, 0) is 6.18 Å². The average molecular weight is 271 g/mol. The van der Waals surface area contributed by atoms with Crippen LogP contribution >= 0.6 is 0 Å². The summed E-state index contributed by atoms with van der Waals surface area (Å²) in [4.78, 5) is 7.57. The molecule has 3 nitrogen and oxygen atoms in total. The standard InChI is InChI=1S/C12H9F4N3/c13-9-5-7(1-2-8(9)12(14,15)16)11(17)10-3-4-18-6-19-10/h1-6,11H,17H2. The van der Waals surface area contributed by atoms with Gasteiger partial charge in [0.1, 0.15) is 12.1 Å². The summed E-state index contributed by atoms with van der Waals surface area (Å²) in [5, 5.41) is 0. The van der Waals surface area contributed by atoms with E-state index >= 15 is 0 Å². The maximum absolute atomic E-state index is 13.4. The van der Waals surface area contributed by atoms with Crippen LogP contribution in [0.2, 0.25) is 0 Å². The smallest absolute Gasteiger partial charge is 0.319 e. The van der Waals surface area contributed by atoms with Gasteiger partial charge in [0.25, 0.3) is 0 Å². The Morgan fingerprint density at radius 3 is 2.42 bits per heavy atom. The van der Waals surface area contributed by atoms with E-state index in [1.807, 2.05) is 0 Å². The molecule has 1 aromatic carbocycles. The first-order chi connectivity index (χ1) is 8.89. The lowest BCUT2D eigenvalue weighted by molar-refractivity contribution is -0.140. The molecule has 0 saturated carbocycles. The summed E-state index contributed by atoms with van der Waals surface area (Å²) >= 11 is 0. The molecule has 0 fully saturated rings. The predicted molar refractivity (Wildman–Crippen MR) is 59.5 cm³/mol. The maximum Gasteiger partial charge on any atom is 0.419 e. The van der Waals surface area contributed by atoms with Crippen LogP contribution < -0.4 is 5.73 Å². The van der Waals surface area contributed by atoms with Crippen LogP contribution in [0.4, 0.5) is 17.6 Å². The highest BCUT2D eigenvalue weighted by molar-refractivity contribution is 5.32. The summed E-state index contributed by atoms with van der Waals surface area (Å²) in [5.41, 5.74) is 5.10. The Balaban J connectivity index is 2.35. The van der Waals surface area contributed by atoms with Crippen molar-refractivity contribution >= 4 is 0 Å². The van der Waals surface area contributed by atoms with Crippen molar-refractivity contribution in [3.05, 3.63) is 59.4 Å². The fourth-order valence-electron chi connectivity index (χ4n) is 1.61. The van der Waals surface area contributed by atoms with Gasteiger partial charge in [0, 0.05) is 6.20 Å². The Kier molecular flexibility index (Phi) is 3.48. The third-order valence-corrected chi connectivity index (χ3v) is 2.58. The van der Waals surface area contributed by atoms with Gasteiger partial charge in [-0.15, -0.1) is 0 Å². The van der Waals surface area contributed by atoms with Gasteiger partial charge in [-0.05, 0) is 23.8 Å². The van der Waals surface area contributed by atoms with Crippen molar-refractivity contribution in [2.24, 2.45) is 5.73 Å². The molecule has 2 aromatic rings. The first kappa shape index (κ1) is 13.4. The van der Waals surface area contributed by atoms with Gasteiger partial charge in [-0.3, -0.25) is 0 Å². The van der Waals surface area contributed by atoms with Gasteiger partial charge < -0.3 is 5.73 Å². The first-order valence-electron chi connectivity index (χ1n) is 5.27. The van der Waals surface area contributed by atoms with Gasteiger partial charge in [-0.25, -0.2) is 14.4 Å². The predicted octanol–water partition coefficient (Wildman–Crippen LogP) is 2.68. The number of hydrogen-bond donors (Lipinski definition) is 1. The molecule has 0 radical (unpaired) electrons. The number of rotatable bonds is 2. The number of alkyl halides is 3. The van der Waals surface area contributed by atoms with Crippen molar-refractivity contribution in [3.63, 3.8) is 0 Å². The first-order valence-corrected chi connectivity index (χ1v) is 5.27. The molecular weight excluding hydrogens is 262 g/mol. The van der Waals surface area contributed by atoms with E-state index in [0.29, 0.717) is 11.8 Å². The summed E-state index contributed by atoms with van der Waals surface area (Å²) in [7, 11) is 0. The molecule has 0 saturated heterocycles.